The molecule has 0 saturated heterocycles. The van der Waals surface area contributed by atoms with E-state index in [1.807, 2.05) is 0 Å². The quantitative estimate of drug-likeness (QED) is 0.605. The Hall–Kier alpha value is -1.27. The van der Waals surface area contributed by atoms with Gasteiger partial charge in [-0.1, -0.05) is 11.6 Å². The number of hydrogen-bond acceptors (Lipinski definition) is 2. The van der Waals surface area contributed by atoms with Crippen molar-refractivity contribution in [3.8, 4) is 6.07 Å². The molecule has 0 fully saturated rings. The summed E-state index contributed by atoms with van der Waals surface area (Å²) in [5.74, 6) is -0.664. The summed E-state index contributed by atoms with van der Waals surface area (Å²) in [6, 6.07) is 4.12. The van der Waals surface area contributed by atoms with Gasteiger partial charge in [-0.15, -0.1) is 0 Å². The number of nitrogens with zero attached hydrogens (tertiary/aromatic N) is 1. The van der Waals surface area contributed by atoms with Gasteiger partial charge in [0.2, 0.25) is 0 Å². The number of halogens is 2. The highest BCUT2D eigenvalue weighted by atomic mass is 35.5. The minimum absolute atomic E-state index is 0.0594. The van der Waals surface area contributed by atoms with E-state index in [4.69, 9.17) is 22.6 Å². The molecule has 2 N–H and O–H groups in total. The third kappa shape index (κ3) is 1.41. The number of hydrogen-bond donors (Lipinski definition) is 1. The Morgan fingerprint density at radius 3 is 2.73 bits per heavy atom. The molecule has 1 aromatic rings. The summed E-state index contributed by atoms with van der Waals surface area (Å²) in [7, 11) is 0. The summed E-state index contributed by atoms with van der Waals surface area (Å²) in [5, 5.41) is 8.23. The summed E-state index contributed by atoms with van der Waals surface area (Å²) in [4.78, 5) is 0. The van der Waals surface area contributed by atoms with Crippen LogP contribution in [0.5, 0.6) is 0 Å². The highest BCUT2D eigenvalue weighted by molar-refractivity contribution is 6.31. The number of nitriles is 1. The van der Waals surface area contributed by atoms with Crippen LogP contribution < -0.4 is 5.73 Å². The number of benzene rings is 1. The maximum atomic E-state index is 12.7. The van der Waals surface area contributed by atoms with Gasteiger partial charge >= 0.3 is 0 Å². The lowest BCUT2D eigenvalue weighted by molar-refractivity contribution is 0.628. The van der Waals surface area contributed by atoms with E-state index in [1.54, 1.807) is 6.07 Å². The molecule has 2 nitrogen and oxygen atoms in total. The Morgan fingerprint density at radius 1 is 1.55 bits per heavy atom. The highest BCUT2D eigenvalue weighted by Crippen LogP contribution is 2.21. The van der Waals surface area contributed by atoms with Crippen molar-refractivity contribution in [1.82, 2.24) is 0 Å². The first-order valence-corrected chi connectivity index (χ1v) is 3.17. The Morgan fingerprint density at radius 2 is 2.18 bits per heavy atom. The lowest BCUT2D eigenvalue weighted by Crippen LogP contribution is -1.90. The summed E-state index contributed by atoms with van der Waals surface area (Å²) in [6.07, 6.45) is 0. The van der Waals surface area contributed by atoms with Crippen LogP contribution in [0.15, 0.2) is 12.1 Å². The zero-order chi connectivity index (χ0) is 8.43. The fourth-order valence-electron chi connectivity index (χ4n) is 0.691. The largest absolute Gasteiger partial charge is 0.399 e. The Kier molecular flexibility index (Phi) is 1.97. The molecule has 0 amide bonds. The molecule has 0 unspecified atom stereocenters. The van der Waals surface area contributed by atoms with Gasteiger partial charge in [-0.2, -0.15) is 5.26 Å². The zero-order valence-electron chi connectivity index (χ0n) is 5.44. The SMILES string of the molecule is N#Cc1cc(N)cc(F)c1Cl. The number of nitrogens with two attached hydrogens (primary N) is 1. The molecule has 0 saturated carbocycles. The van der Waals surface area contributed by atoms with Gasteiger partial charge in [0.1, 0.15) is 11.9 Å². The molecule has 0 spiro atoms. The normalized spacial score (nSPS) is 9.18. The molecule has 11 heavy (non-hydrogen) atoms. The van der Waals surface area contributed by atoms with Crippen molar-refractivity contribution in [2.75, 3.05) is 5.73 Å². The summed E-state index contributed by atoms with van der Waals surface area (Å²) < 4.78 is 12.7. The van der Waals surface area contributed by atoms with E-state index < -0.39 is 5.82 Å². The Balaban J connectivity index is 3.39. The molecule has 4 heteroatoms. The van der Waals surface area contributed by atoms with E-state index in [9.17, 15) is 4.39 Å². The van der Waals surface area contributed by atoms with E-state index in [1.165, 1.54) is 6.07 Å². The van der Waals surface area contributed by atoms with Crippen LogP contribution in [0.1, 0.15) is 5.56 Å². The van der Waals surface area contributed by atoms with Gasteiger partial charge in [0.25, 0.3) is 0 Å². The van der Waals surface area contributed by atoms with Crippen LogP contribution in [0.2, 0.25) is 5.02 Å². The van der Waals surface area contributed by atoms with Gasteiger partial charge in [-0.3, -0.25) is 0 Å². The van der Waals surface area contributed by atoms with E-state index in [0.29, 0.717) is 0 Å². The van der Waals surface area contributed by atoms with E-state index in [0.717, 1.165) is 6.07 Å². The van der Waals surface area contributed by atoms with Crippen LogP contribution in [0.25, 0.3) is 0 Å². The Labute approximate surface area is 68.0 Å². The first-order chi connectivity index (χ1) is 5.15. The van der Waals surface area contributed by atoms with E-state index >= 15 is 0 Å². The smallest absolute Gasteiger partial charge is 0.145 e. The van der Waals surface area contributed by atoms with Crippen LogP contribution in [-0.2, 0) is 0 Å². The summed E-state index contributed by atoms with van der Waals surface area (Å²) in [6.45, 7) is 0. The van der Waals surface area contributed by atoms with Crippen molar-refractivity contribution >= 4 is 17.3 Å². The van der Waals surface area contributed by atoms with E-state index in [-0.39, 0.29) is 16.3 Å². The molecular formula is C7H4ClFN2. The number of rotatable bonds is 0. The first kappa shape index (κ1) is 7.83. The molecule has 0 aliphatic carbocycles. The van der Waals surface area contributed by atoms with Crippen molar-refractivity contribution in [2.45, 2.75) is 0 Å². The monoisotopic (exact) mass is 170 g/mol. The molecule has 0 radical (unpaired) electrons. The van der Waals surface area contributed by atoms with Gasteiger partial charge in [0.15, 0.2) is 0 Å². The van der Waals surface area contributed by atoms with E-state index in [2.05, 4.69) is 0 Å². The second-order valence-corrected chi connectivity index (χ2v) is 2.35. The first-order valence-electron chi connectivity index (χ1n) is 2.79. The van der Waals surface area contributed by atoms with Crippen LogP contribution in [0.4, 0.5) is 10.1 Å². The molecule has 0 bridgehead atoms. The molecule has 1 aromatic carbocycles. The average molecular weight is 171 g/mol. The highest BCUT2D eigenvalue weighted by Gasteiger charge is 2.06. The number of anilines is 1. The van der Waals surface area contributed by atoms with Gasteiger partial charge in [-0.05, 0) is 12.1 Å². The van der Waals surface area contributed by atoms with Gasteiger partial charge in [0.05, 0.1) is 10.6 Å². The Bertz CT molecular complexity index is 330. The molecule has 0 atom stereocenters. The molecule has 0 aliphatic heterocycles. The third-order valence-electron chi connectivity index (χ3n) is 1.17. The van der Waals surface area contributed by atoms with Crippen molar-refractivity contribution in [2.24, 2.45) is 0 Å². The molecule has 0 heterocycles. The minimum atomic E-state index is -0.664. The minimum Gasteiger partial charge on any atom is -0.399 e. The summed E-state index contributed by atoms with van der Waals surface area (Å²) in [5.41, 5.74) is 5.51. The lowest BCUT2D eigenvalue weighted by atomic mass is 10.2. The fourth-order valence-corrected chi connectivity index (χ4v) is 0.843. The molecule has 56 valence electrons. The molecule has 0 aromatic heterocycles. The second kappa shape index (κ2) is 2.77. The molecular weight excluding hydrogens is 167 g/mol. The average Bonchev–Trinajstić information content (AvgIpc) is 1.96. The van der Waals surface area contributed by atoms with Gasteiger partial charge in [-0.25, -0.2) is 4.39 Å². The molecule has 1 rings (SSSR count). The molecule has 0 aliphatic rings. The van der Waals surface area contributed by atoms with Gasteiger partial charge < -0.3 is 5.73 Å². The third-order valence-corrected chi connectivity index (χ3v) is 1.56. The fraction of sp³-hybridized carbons (Fsp3) is 0. The predicted molar refractivity (Wildman–Crippen MR) is 40.5 cm³/mol. The predicted octanol–water partition coefficient (Wildman–Crippen LogP) is 1.93. The maximum Gasteiger partial charge on any atom is 0.145 e. The standard InChI is InChI=1S/C7H4ClFN2/c8-7-4(3-10)1-5(11)2-6(7)9/h1-2H,11H2. The van der Waals surface area contributed by atoms with Crippen LogP contribution in [-0.4, -0.2) is 0 Å². The van der Waals surface area contributed by atoms with Crippen LogP contribution in [0, 0.1) is 17.1 Å². The topological polar surface area (TPSA) is 49.8 Å². The van der Waals surface area contributed by atoms with Crippen molar-refractivity contribution in [1.29, 1.82) is 5.26 Å². The van der Waals surface area contributed by atoms with Crippen molar-refractivity contribution in [3.63, 3.8) is 0 Å². The van der Waals surface area contributed by atoms with Crippen molar-refractivity contribution in [3.05, 3.63) is 28.5 Å². The summed E-state index contributed by atoms with van der Waals surface area (Å²) >= 11 is 5.41. The lowest BCUT2D eigenvalue weighted by Gasteiger charge is -1.97. The second-order valence-electron chi connectivity index (χ2n) is 1.98. The van der Waals surface area contributed by atoms with Crippen LogP contribution in [0.3, 0.4) is 0 Å². The van der Waals surface area contributed by atoms with Crippen molar-refractivity contribution < 1.29 is 4.39 Å². The maximum absolute atomic E-state index is 12.7. The zero-order valence-corrected chi connectivity index (χ0v) is 6.19. The van der Waals surface area contributed by atoms with Crippen LogP contribution >= 0.6 is 11.6 Å². The number of nitrogen functional groups attached to an aromatic ring is 1. The van der Waals surface area contributed by atoms with Gasteiger partial charge in [0, 0.05) is 5.69 Å².